The lowest BCUT2D eigenvalue weighted by atomic mass is 9.86. The number of benzene rings is 1. The normalized spacial score (nSPS) is 14.4. The first-order chi connectivity index (χ1) is 9.00. The summed E-state index contributed by atoms with van der Waals surface area (Å²) < 4.78 is 0. The molecule has 0 fully saturated rings. The second kappa shape index (κ2) is 7.54. The van der Waals surface area contributed by atoms with Gasteiger partial charge in [-0.1, -0.05) is 45.9 Å². The van der Waals surface area contributed by atoms with Crippen molar-refractivity contribution in [2.45, 2.75) is 47.1 Å². The SMILES string of the molecule is CCN(CC(C)(CC)CNC(C)C)c1ccccc1. The van der Waals surface area contributed by atoms with Gasteiger partial charge in [-0.2, -0.15) is 0 Å². The topological polar surface area (TPSA) is 15.3 Å². The molecule has 2 nitrogen and oxygen atoms in total. The highest BCUT2D eigenvalue weighted by Crippen LogP contribution is 2.25. The molecule has 0 aromatic heterocycles. The summed E-state index contributed by atoms with van der Waals surface area (Å²) in [6.07, 6.45) is 1.19. The Hall–Kier alpha value is -1.02. The molecular weight excluding hydrogens is 232 g/mol. The van der Waals surface area contributed by atoms with Gasteiger partial charge in [0.25, 0.3) is 0 Å². The summed E-state index contributed by atoms with van der Waals surface area (Å²) >= 11 is 0. The minimum Gasteiger partial charge on any atom is -0.371 e. The van der Waals surface area contributed by atoms with Gasteiger partial charge in [-0.15, -0.1) is 0 Å². The third-order valence-corrected chi connectivity index (χ3v) is 3.87. The Balaban J connectivity index is 2.71. The minimum atomic E-state index is 0.316. The molecule has 1 N–H and O–H groups in total. The molecule has 1 aromatic rings. The van der Waals surface area contributed by atoms with E-state index < -0.39 is 0 Å². The highest BCUT2D eigenvalue weighted by Gasteiger charge is 2.25. The van der Waals surface area contributed by atoms with Crippen LogP contribution in [-0.4, -0.2) is 25.7 Å². The zero-order chi connectivity index (χ0) is 14.3. The molecule has 1 rings (SSSR count). The van der Waals surface area contributed by atoms with Crippen LogP contribution in [0, 0.1) is 5.41 Å². The van der Waals surface area contributed by atoms with E-state index in [1.165, 1.54) is 12.1 Å². The Labute approximate surface area is 119 Å². The molecule has 1 unspecified atom stereocenters. The molecule has 0 saturated carbocycles. The summed E-state index contributed by atoms with van der Waals surface area (Å²) in [7, 11) is 0. The molecular formula is C17H30N2. The van der Waals surface area contributed by atoms with Crippen LogP contribution < -0.4 is 10.2 Å². The molecule has 2 heteroatoms. The largest absolute Gasteiger partial charge is 0.371 e. The predicted octanol–water partition coefficient (Wildman–Crippen LogP) is 3.93. The zero-order valence-electron chi connectivity index (χ0n) is 13.2. The van der Waals surface area contributed by atoms with Gasteiger partial charge in [-0.3, -0.25) is 0 Å². The fourth-order valence-electron chi connectivity index (χ4n) is 2.23. The van der Waals surface area contributed by atoms with E-state index in [1.807, 2.05) is 0 Å². The van der Waals surface area contributed by atoms with Crippen molar-refractivity contribution in [2.24, 2.45) is 5.41 Å². The Morgan fingerprint density at radius 1 is 1.16 bits per heavy atom. The molecule has 108 valence electrons. The lowest BCUT2D eigenvalue weighted by Gasteiger charge is -2.36. The van der Waals surface area contributed by atoms with E-state index in [9.17, 15) is 0 Å². The molecule has 0 bridgehead atoms. The van der Waals surface area contributed by atoms with Crippen molar-refractivity contribution >= 4 is 5.69 Å². The van der Waals surface area contributed by atoms with E-state index in [4.69, 9.17) is 0 Å². The van der Waals surface area contributed by atoms with Crippen molar-refractivity contribution < 1.29 is 0 Å². The number of para-hydroxylation sites is 1. The third-order valence-electron chi connectivity index (χ3n) is 3.87. The minimum absolute atomic E-state index is 0.316. The smallest absolute Gasteiger partial charge is 0.0366 e. The highest BCUT2D eigenvalue weighted by molar-refractivity contribution is 5.46. The first kappa shape index (κ1) is 16.0. The molecule has 0 saturated heterocycles. The monoisotopic (exact) mass is 262 g/mol. The Bertz CT molecular complexity index is 348. The van der Waals surface area contributed by atoms with E-state index in [1.54, 1.807) is 0 Å². The molecule has 0 heterocycles. The van der Waals surface area contributed by atoms with Crippen LogP contribution in [0.2, 0.25) is 0 Å². The molecule has 0 aliphatic heterocycles. The van der Waals surface area contributed by atoms with Gasteiger partial charge in [0.05, 0.1) is 0 Å². The van der Waals surface area contributed by atoms with Gasteiger partial charge < -0.3 is 10.2 Å². The lowest BCUT2D eigenvalue weighted by molar-refractivity contribution is 0.287. The Morgan fingerprint density at radius 3 is 2.26 bits per heavy atom. The summed E-state index contributed by atoms with van der Waals surface area (Å²) in [5, 5.41) is 3.59. The summed E-state index contributed by atoms with van der Waals surface area (Å²) in [6.45, 7) is 14.6. The number of anilines is 1. The molecule has 0 spiro atoms. The van der Waals surface area contributed by atoms with Gasteiger partial charge in [0, 0.05) is 31.4 Å². The van der Waals surface area contributed by atoms with E-state index in [0.29, 0.717) is 11.5 Å². The zero-order valence-corrected chi connectivity index (χ0v) is 13.2. The number of rotatable bonds is 8. The van der Waals surface area contributed by atoms with Crippen LogP contribution in [0.3, 0.4) is 0 Å². The van der Waals surface area contributed by atoms with Gasteiger partial charge in [-0.05, 0) is 30.9 Å². The van der Waals surface area contributed by atoms with Crippen molar-refractivity contribution in [3.05, 3.63) is 30.3 Å². The molecule has 0 amide bonds. The van der Waals surface area contributed by atoms with Gasteiger partial charge in [-0.25, -0.2) is 0 Å². The summed E-state index contributed by atoms with van der Waals surface area (Å²) in [5.74, 6) is 0. The summed E-state index contributed by atoms with van der Waals surface area (Å²) in [6, 6.07) is 11.3. The molecule has 0 aliphatic carbocycles. The van der Waals surface area contributed by atoms with E-state index in [0.717, 1.165) is 19.6 Å². The average Bonchev–Trinajstić information content (AvgIpc) is 2.43. The fourth-order valence-corrected chi connectivity index (χ4v) is 2.23. The van der Waals surface area contributed by atoms with Crippen molar-refractivity contribution in [1.82, 2.24) is 5.32 Å². The van der Waals surface area contributed by atoms with Gasteiger partial charge in [0.1, 0.15) is 0 Å². The van der Waals surface area contributed by atoms with Crippen molar-refractivity contribution in [3.8, 4) is 0 Å². The lowest BCUT2D eigenvalue weighted by Crippen LogP contribution is -2.43. The number of hydrogen-bond donors (Lipinski definition) is 1. The molecule has 0 aliphatic rings. The predicted molar refractivity (Wildman–Crippen MR) is 85.9 cm³/mol. The van der Waals surface area contributed by atoms with Crippen LogP contribution in [0.5, 0.6) is 0 Å². The van der Waals surface area contributed by atoms with Crippen LogP contribution in [0.15, 0.2) is 30.3 Å². The first-order valence-electron chi connectivity index (χ1n) is 7.54. The van der Waals surface area contributed by atoms with Crippen molar-refractivity contribution in [3.63, 3.8) is 0 Å². The maximum absolute atomic E-state index is 3.59. The van der Waals surface area contributed by atoms with Crippen molar-refractivity contribution in [1.29, 1.82) is 0 Å². The molecule has 1 atom stereocenters. The summed E-state index contributed by atoms with van der Waals surface area (Å²) in [4.78, 5) is 2.48. The van der Waals surface area contributed by atoms with E-state index in [2.05, 4.69) is 75.2 Å². The van der Waals surface area contributed by atoms with Crippen molar-refractivity contribution in [2.75, 3.05) is 24.5 Å². The number of nitrogens with zero attached hydrogens (tertiary/aromatic N) is 1. The number of nitrogens with one attached hydrogen (secondary N) is 1. The van der Waals surface area contributed by atoms with Gasteiger partial charge in [0.2, 0.25) is 0 Å². The molecule has 19 heavy (non-hydrogen) atoms. The number of hydrogen-bond acceptors (Lipinski definition) is 2. The van der Waals surface area contributed by atoms with Crippen LogP contribution in [-0.2, 0) is 0 Å². The third kappa shape index (κ3) is 5.23. The molecule has 0 radical (unpaired) electrons. The van der Waals surface area contributed by atoms with Crippen LogP contribution in [0.25, 0.3) is 0 Å². The first-order valence-corrected chi connectivity index (χ1v) is 7.54. The Kier molecular flexibility index (Phi) is 6.36. The molecule has 1 aromatic carbocycles. The maximum atomic E-state index is 3.59. The van der Waals surface area contributed by atoms with Crippen LogP contribution in [0.1, 0.15) is 41.0 Å². The summed E-state index contributed by atoms with van der Waals surface area (Å²) in [5.41, 5.74) is 1.64. The second-order valence-electron chi connectivity index (χ2n) is 6.05. The maximum Gasteiger partial charge on any atom is 0.0366 e. The van der Waals surface area contributed by atoms with E-state index in [-0.39, 0.29) is 0 Å². The van der Waals surface area contributed by atoms with Gasteiger partial charge in [0.15, 0.2) is 0 Å². The highest BCUT2D eigenvalue weighted by atomic mass is 15.1. The van der Waals surface area contributed by atoms with Crippen LogP contribution in [0.4, 0.5) is 5.69 Å². The fraction of sp³-hybridized carbons (Fsp3) is 0.647. The average molecular weight is 262 g/mol. The van der Waals surface area contributed by atoms with Gasteiger partial charge >= 0.3 is 0 Å². The standard InChI is InChI=1S/C17H30N2/c1-6-17(5,13-18-15(3)4)14-19(7-2)16-11-9-8-10-12-16/h8-12,15,18H,6-7,13-14H2,1-5H3. The Morgan fingerprint density at radius 2 is 1.79 bits per heavy atom. The quantitative estimate of drug-likeness (QED) is 0.763. The second-order valence-corrected chi connectivity index (χ2v) is 6.05. The van der Waals surface area contributed by atoms with Crippen LogP contribution >= 0.6 is 0 Å². The van der Waals surface area contributed by atoms with E-state index >= 15 is 0 Å².